The fourth-order valence-electron chi connectivity index (χ4n) is 5.41. The number of carboxylic acids is 1. The summed E-state index contributed by atoms with van der Waals surface area (Å²) in [6.07, 6.45) is 5.33. The summed E-state index contributed by atoms with van der Waals surface area (Å²) in [7, 11) is -0.572. The molecule has 1 aromatic carbocycles. The number of hydroxylamine groups is 1. The number of hydrogen-bond donors (Lipinski definition) is 2. The van der Waals surface area contributed by atoms with Gasteiger partial charge in [-0.05, 0) is 37.7 Å². The van der Waals surface area contributed by atoms with Crippen LogP contribution >= 0.6 is 8.15 Å². The van der Waals surface area contributed by atoms with Crippen molar-refractivity contribution in [1.29, 1.82) is 0 Å². The molecule has 5 rings (SSSR count). The molecular weight excluding hydrogens is 479 g/mol. The number of carbonyl (C=O) groups is 1. The zero-order chi connectivity index (χ0) is 24.9. The van der Waals surface area contributed by atoms with Gasteiger partial charge in [0.2, 0.25) is 5.43 Å². The Kier molecular flexibility index (Phi) is 6.59. The maximum absolute atomic E-state index is 16.0. The third-order valence-electron chi connectivity index (χ3n) is 7.44. The van der Waals surface area contributed by atoms with Crippen molar-refractivity contribution in [2.45, 2.75) is 44.8 Å². The third kappa shape index (κ3) is 4.24. The van der Waals surface area contributed by atoms with Crippen LogP contribution in [0.4, 0.5) is 14.5 Å². The van der Waals surface area contributed by atoms with Crippen molar-refractivity contribution in [3.05, 3.63) is 39.7 Å². The maximum atomic E-state index is 16.0. The molecule has 35 heavy (non-hydrogen) atoms. The number of fused-ring (bicyclic) bond motifs is 2. The monoisotopic (exact) mass is 509 g/mol. The van der Waals surface area contributed by atoms with E-state index < -0.39 is 42.3 Å². The van der Waals surface area contributed by atoms with E-state index in [0.717, 1.165) is 37.7 Å². The summed E-state index contributed by atoms with van der Waals surface area (Å²) in [5, 5.41) is 9.19. The average molecular weight is 509 g/mol. The molecule has 8 nitrogen and oxygen atoms in total. The number of halogens is 2. The van der Waals surface area contributed by atoms with Crippen LogP contribution in [-0.2, 0) is 9.36 Å². The van der Waals surface area contributed by atoms with Crippen molar-refractivity contribution < 1.29 is 28.0 Å². The molecule has 2 atom stereocenters. The highest BCUT2D eigenvalue weighted by Gasteiger charge is 2.52. The summed E-state index contributed by atoms with van der Waals surface area (Å²) in [5.74, 6) is -3.05. The predicted octanol–water partition coefficient (Wildman–Crippen LogP) is 3.87. The Labute approximate surface area is 203 Å². The van der Waals surface area contributed by atoms with Gasteiger partial charge in [0.05, 0.1) is 25.6 Å². The van der Waals surface area contributed by atoms with E-state index in [0.29, 0.717) is 19.7 Å². The number of nitrogens with one attached hydrogen (secondary N) is 1. The molecule has 1 saturated carbocycles. The Morgan fingerprint density at radius 1 is 1.31 bits per heavy atom. The van der Waals surface area contributed by atoms with Gasteiger partial charge in [-0.25, -0.2) is 13.6 Å². The zero-order valence-electron chi connectivity index (χ0n) is 19.9. The molecule has 2 N–H and O–H groups in total. The molecule has 0 spiro atoms. The number of ether oxygens (including phenoxy) is 1. The molecule has 3 aliphatic rings. The molecule has 2 aromatic rings. The molecule has 2 unspecified atom stereocenters. The topological polar surface area (TPSA) is 93.0 Å². The fourth-order valence-corrected chi connectivity index (χ4v) is 6.36. The molecule has 0 radical (unpaired) electrons. The van der Waals surface area contributed by atoms with Gasteiger partial charge in [-0.15, -0.1) is 0 Å². The van der Waals surface area contributed by atoms with E-state index in [1.54, 1.807) is 4.90 Å². The van der Waals surface area contributed by atoms with E-state index in [1.807, 2.05) is 0 Å². The molecule has 3 fully saturated rings. The number of aromatic carboxylic acids is 1. The highest BCUT2D eigenvalue weighted by atomic mass is 31.1. The highest BCUT2D eigenvalue weighted by molar-refractivity contribution is 7.52. The molecule has 3 heterocycles. The van der Waals surface area contributed by atoms with Crippen molar-refractivity contribution >= 4 is 30.7 Å². The van der Waals surface area contributed by atoms with Crippen molar-refractivity contribution in [2.75, 3.05) is 43.5 Å². The second-order valence-electron chi connectivity index (χ2n) is 9.54. The van der Waals surface area contributed by atoms with Gasteiger partial charge in [-0.2, -0.15) is 5.48 Å². The Morgan fingerprint density at radius 2 is 2.06 bits per heavy atom. The minimum Gasteiger partial charge on any atom is -0.477 e. The predicted molar refractivity (Wildman–Crippen MR) is 129 cm³/mol. The van der Waals surface area contributed by atoms with Gasteiger partial charge >= 0.3 is 5.97 Å². The van der Waals surface area contributed by atoms with Crippen molar-refractivity contribution in [2.24, 2.45) is 5.92 Å². The van der Waals surface area contributed by atoms with Gasteiger partial charge in [0, 0.05) is 37.9 Å². The van der Waals surface area contributed by atoms with Crippen molar-refractivity contribution in [3.63, 3.8) is 0 Å². The normalized spacial score (nSPS) is 24.0. The van der Waals surface area contributed by atoms with Gasteiger partial charge in [0.25, 0.3) is 0 Å². The summed E-state index contributed by atoms with van der Waals surface area (Å²) in [5.41, 5.74) is 0.846. The highest BCUT2D eigenvalue weighted by Crippen LogP contribution is 2.44. The lowest BCUT2D eigenvalue weighted by molar-refractivity contribution is -0.0144. The van der Waals surface area contributed by atoms with Crippen molar-refractivity contribution in [3.8, 4) is 0 Å². The number of anilines is 1. The van der Waals surface area contributed by atoms with Crippen LogP contribution in [0.3, 0.4) is 0 Å². The molecule has 11 heteroatoms. The molecule has 1 aromatic heterocycles. The largest absolute Gasteiger partial charge is 0.477 e. The number of pyridine rings is 1. The van der Waals surface area contributed by atoms with Crippen LogP contribution in [0.5, 0.6) is 0 Å². The second kappa shape index (κ2) is 9.39. The molecule has 2 aliphatic heterocycles. The lowest BCUT2D eigenvalue weighted by Gasteiger charge is -2.29. The van der Waals surface area contributed by atoms with Crippen LogP contribution < -0.4 is 15.8 Å². The zero-order valence-corrected chi connectivity index (χ0v) is 20.7. The van der Waals surface area contributed by atoms with Crippen LogP contribution in [0.25, 0.3) is 10.9 Å². The fraction of sp³-hybridized carbons (Fsp3) is 0.583. The number of aromatic nitrogens is 1. The standard InChI is InChI=1S/C24H30F2N3O5P/c1-3-35(4-2)34-27-12-24-13-28(10-14(24)7-8-33-24)21-18(25)9-16-20(19(21)26)29(15-5-6-15)11-17(22(16)30)23(31)32/h9,11,14-15,27H,3-8,10,12-13H2,1-2H3,(H,31,32). The summed E-state index contributed by atoms with van der Waals surface area (Å²) >= 11 is 0. The number of benzene rings is 1. The van der Waals surface area contributed by atoms with E-state index in [9.17, 15) is 14.7 Å². The summed E-state index contributed by atoms with van der Waals surface area (Å²) in [4.78, 5) is 26.0. The molecular formula is C24H30F2N3O5P. The van der Waals surface area contributed by atoms with Crippen LogP contribution in [-0.4, -0.2) is 59.8 Å². The minimum absolute atomic E-state index is 0.0380. The SMILES string of the molecule is CCP(CC)ONCC12CN(c3c(F)cc4c(=O)c(C(=O)O)cn(C5CC5)c4c3F)CC1CCO2. The first-order chi connectivity index (χ1) is 16.8. The van der Waals surface area contributed by atoms with Crippen molar-refractivity contribution in [1.82, 2.24) is 10.0 Å². The Hall–Kier alpha value is -2.13. The summed E-state index contributed by atoms with van der Waals surface area (Å²) < 4.78 is 44.9. The quantitative estimate of drug-likeness (QED) is 0.392. The second-order valence-corrected chi connectivity index (χ2v) is 11.9. The van der Waals surface area contributed by atoms with Gasteiger partial charge in [0.1, 0.15) is 22.7 Å². The first-order valence-corrected chi connectivity index (χ1v) is 13.8. The lowest BCUT2D eigenvalue weighted by Crippen LogP contribution is -2.46. The van der Waals surface area contributed by atoms with E-state index in [2.05, 4.69) is 19.3 Å². The number of nitrogens with zero attached hydrogens (tertiary/aromatic N) is 2. The summed E-state index contributed by atoms with van der Waals surface area (Å²) in [6, 6.07) is 0.880. The van der Waals surface area contributed by atoms with E-state index >= 15 is 8.78 Å². The third-order valence-corrected chi connectivity index (χ3v) is 9.24. The van der Waals surface area contributed by atoms with Crippen LogP contribution in [0.1, 0.15) is 49.5 Å². The molecule has 0 bridgehead atoms. The van der Waals surface area contributed by atoms with Gasteiger partial charge in [-0.3, -0.25) is 9.42 Å². The molecule has 2 saturated heterocycles. The van der Waals surface area contributed by atoms with Gasteiger partial charge in [-0.1, -0.05) is 13.8 Å². The van der Waals surface area contributed by atoms with Crippen LogP contribution in [0, 0.1) is 17.6 Å². The van der Waals surface area contributed by atoms with E-state index in [-0.39, 0.29) is 35.1 Å². The number of hydrogen-bond acceptors (Lipinski definition) is 6. The number of carboxylic acid groups (broad SMARTS) is 1. The first-order valence-electron chi connectivity index (χ1n) is 12.1. The van der Waals surface area contributed by atoms with Gasteiger partial charge in [0.15, 0.2) is 5.82 Å². The Balaban J connectivity index is 1.51. The molecule has 1 aliphatic carbocycles. The van der Waals surface area contributed by atoms with Gasteiger partial charge < -0.3 is 19.3 Å². The Bertz CT molecular complexity index is 1220. The molecule has 0 amide bonds. The summed E-state index contributed by atoms with van der Waals surface area (Å²) in [6.45, 7) is 5.85. The number of rotatable bonds is 9. The van der Waals surface area contributed by atoms with Crippen LogP contribution in [0.2, 0.25) is 0 Å². The first kappa shape index (κ1) is 24.6. The Morgan fingerprint density at radius 3 is 2.71 bits per heavy atom. The van der Waals surface area contributed by atoms with Crippen LogP contribution in [0.15, 0.2) is 17.1 Å². The minimum atomic E-state index is -1.41. The van der Waals surface area contributed by atoms with E-state index in [4.69, 9.17) is 9.36 Å². The smallest absolute Gasteiger partial charge is 0.341 e. The lowest BCUT2D eigenvalue weighted by atomic mass is 9.91. The van der Waals surface area contributed by atoms with E-state index in [1.165, 1.54) is 10.8 Å². The maximum Gasteiger partial charge on any atom is 0.341 e. The average Bonchev–Trinajstić information content (AvgIpc) is 3.50. The molecule has 190 valence electrons.